The van der Waals surface area contributed by atoms with Gasteiger partial charge in [-0.2, -0.15) is 0 Å². The Bertz CT molecular complexity index is 1290. The van der Waals surface area contributed by atoms with Crippen molar-refractivity contribution < 1.29 is 19.0 Å². The number of ether oxygens (including phenoxy) is 3. The number of anilines is 3. The van der Waals surface area contributed by atoms with Gasteiger partial charge in [0.2, 0.25) is 11.9 Å². The van der Waals surface area contributed by atoms with Crippen LogP contribution in [0.4, 0.5) is 16.5 Å². The van der Waals surface area contributed by atoms with Crippen LogP contribution in [0.1, 0.15) is 10.4 Å². The van der Waals surface area contributed by atoms with Crippen LogP contribution in [0.25, 0.3) is 10.6 Å². The Morgan fingerprint density at radius 2 is 1.76 bits per heavy atom. The second-order valence-electron chi connectivity index (χ2n) is 7.25. The first-order valence-corrected chi connectivity index (χ1v) is 10.9. The minimum Gasteiger partial charge on any atom is -0.497 e. The quantitative estimate of drug-likeness (QED) is 0.435. The zero-order chi connectivity index (χ0) is 22.8. The van der Waals surface area contributed by atoms with Crippen molar-refractivity contribution >= 4 is 33.8 Å². The zero-order valence-electron chi connectivity index (χ0n) is 17.9. The molecular weight excluding hydrogens is 440 g/mol. The molecule has 2 heterocycles. The standard InChI is InChI=1S/C24H20N4O4S/c1-28(18-8-10-19(30-2)11-9-18)24-27-26-23(33-24)15-3-6-17(7-4-15)25-22(29)16-5-12-20-21(13-16)32-14-31-20/h3-13H,14H2,1-2H3,(H,25,29). The number of rotatable bonds is 6. The van der Waals surface area contributed by atoms with E-state index in [0.29, 0.717) is 22.7 Å². The molecule has 1 N–H and O–H groups in total. The normalized spacial score (nSPS) is 11.8. The minimum absolute atomic E-state index is 0.172. The molecule has 33 heavy (non-hydrogen) atoms. The van der Waals surface area contributed by atoms with Gasteiger partial charge >= 0.3 is 0 Å². The molecule has 0 radical (unpaired) electrons. The van der Waals surface area contributed by atoms with Gasteiger partial charge < -0.3 is 24.4 Å². The molecule has 0 spiro atoms. The van der Waals surface area contributed by atoms with Crippen LogP contribution in [0.2, 0.25) is 0 Å². The molecule has 0 unspecified atom stereocenters. The van der Waals surface area contributed by atoms with E-state index in [2.05, 4.69) is 15.5 Å². The average Bonchev–Trinajstić information content (AvgIpc) is 3.53. The maximum Gasteiger partial charge on any atom is 0.255 e. The second-order valence-corrected chi connectivity index (χ2v) is 8.20. The van der Waals surface area contributed by atoms with Crippen molar-refractivity contribution in [1.29, 1.82) is 0 Å². The summed E-state index contributed by atoms with van der Waals surface area (Å²) in [7, 11) is 3.59. The van der Waals surface area contributed by atoms with Crippen LogP contribution in [0, 0.1) is 0 Å². The molecule has 1 amide bonds. The molecule has 5 rings (SSSR count). The lowest BCUT2D eigenvalue weighted by Gasteiger charge is -2.15. The lowest BCUT2D eigenvalue weighted by molar-refractivity contribution is 0.102. The summed E-state index contributed by atoms with van der Waals surface area (Å²) in [6.07, 6.45) is 0. The lowest BCUT2D eigenvalue weighted by Crippen LogP contribution is -2.11. The molecule has 3 aromatic carbocycles. The number of fused-ring (bicyclic) bond motifs is 1. The number of hydrogen-bond acceptors (Lipinski definition) is 8. The predicted molar refractivity (Wildman–Crippen MR) is 127 cm³/mol. The van der Waals surface area contributed by atoms with Gasteiger partial charge in [-0.3, -0.25) is 4.79 Å². The van der Waals surface area contributed by atoms with E-state index in [0.717, 1.165) is 27.1 Å². The predicted octanol–water partition coefficient (Wildman–Crippen LogP) is 4.96. The molecule has 0 fully saturated rings. The number of benzene rings is 3. The number of aromatic nitrogens is 2. The van der Waals surface area contributed by atoms with Crippen molar-refractivity contribution in [1.82, 2.24) is 10.2 Å². The van der Waals surface area contributed by atoms with Gasteiger partial charge in [0.1, 0.15) is 10.8 Å². The van der Waals surface area contributed by atoms with Crippen LogP contribution >= 0.6 is 11.3 Å². The summed E-state index contributed by atoms with van der Waals surface area (Å²) < 4.78 is 15.8. The Kier molecular flexibility index (Phi) is 5.54. The van der Waals surface area contributed by atoms with E-state index in [1.807, 2.05) is 60.5 Å². The van der Waals surface area contributed by atoms with Crippen molar-refractivity contribution in [3.8, 4) is 27.8 Å². The van der Waals surface area contributed by atoms with Gasteiger partial charge in [0.25, 0.3) is 5.91 Å². The molecule has 0 aliphatic carbocycles. The van der Waals surface area contributed by atoms with Crippen molar-refractivity contribution in [2.24, 2.45) is 0 Å². The summed E-state index contributed by atoms with van der Waals surface area (Å²) >= 11 is 1.49. The van der Waals surface area contributed by atoms with Gasteiger partial charge in [0, 0.05) is 29.5 Å². The van der Waals surface area contributed by atoms with E-state index in [-0.39, 0.29) is 12.7 Å². The molecule has 0 atom stereocenters. The summed E-state index contributed by atoms with van der Waals surface area (Å²) in [5.74, 6) is 1.80. The van der Waals surface area contributed by atoms with Crippen LogP contribution in [0.15, 0.2) is 66.7 Å². The number of carbonyl (C=O) groups excluding carboxylic acids is 1. The van der Waals surface area contributed by atoms with Gasteiger partial charge in [0.15, 0.2) is 11.5 Å². The van der Waals surface area contributed by atoms with Crippen molar-refractivity contribution in [2.75, 3.05) is 31.2 Å². The number of hydrogen-bond donors (Lipinski definition) is 1. The molecule has 9 heteroatoms. The van der Waals surface area contributed by atoms with Gasteiger partial charge in [-0.15, -0.1) is 10.2 Å². The van der Waals surface area contributed by atoms with Crippen molar-refractivity contribution in [2.45, 2.75) is 0 Å². The molecule has 0 saturated heterocycles. The first kappa shape index (κ1) is 20.8. The largest absolute Gasteiger partial charge is 0.497 e. The van der Waals surface area contributed by atoms with Crippen LogP contribution in [0.5, 0.6) is 17.2 Å². The van der Waals surface area contributed by atoms with Crippen molar-refractivity contribution in [3.05, 3.63) is 72.3 Å². The molecule has 1 aliphatic rings. The van der Waals surface area contributed by atoms with Crippen LogP contribution < -0.4 is 24.4 Å². The fourth-order valence-corrected chi connectivity index (χ4v) is 4.15. The fraction of sp³-hybridized carbons (Fsp3) is 0.125. The summed E-state index contributed by atoms with van der Waals surface area (Å²) in [4.78, 5) is 14.6. The molecule has 166 valence electrons. The van der Waals surface area contributed by atoms with E-state index in [4.69, 9.17) is 14.2 Å². The Balaban J connectivity index is 1.27. The zero-order valence-corrected chi connectivity index (χ0v) is 18.8. The molecule has 8 nitrogen and oxygen atoms in total. The summed E-state index contributed by atoms with van der Waals surface area (Å²) in [6.45, 7) is 0.172. The second kappa shape index (κ2) is 8.79. The van der Waals surface area contributed by atoms with Gasteiger partial charge in [-0.05, 0) is 66.7 Å². The lowest BCUT2D eigenvalue weighted by atomic mass is 10.1. The Morgan fingerprint density at radius 1 is 1.00 bits per heavy atom. The smallest absolute Gasteiger partial charge is 0.255 e. The van der Waals surface area contributed by atoms with Crippen molar-refractivity contribution in [3.63, 3.8) is 0 Å². The number of nitrogens with zero attached hydrogens (tertiary/aromatic N) is 3. The van der Waals surface area contributed by atoms with Gasteiger partial charge in [-0.25, -0.2) is 0 Å². The van der Waals surface area contributed by atoms with Gasteiger partial charge in [0.05, 0.1) is 7.11 Å². The third-order valence-electron chi connectivity index (χ3n) is 5.19. The molecule has 1 aromatic heterocycles. The SMILES string of the molecule is COc1ccc(N(C)c2nnc(-c3ccc(NC(=O)c4ccc5c(c4)OCO5)cc3)s2)cc1. The topological polar surface area (TPSA) is 85.8 Å². The maximum atomic E-state index is 12.6. The molecule has 1 aliphatic heterocycles. The number of amides is 1. The van der Waals surface area contributed by atoms with E-state index in [9.17, 15) is 4.79 Å². The summed E-state index contributed by atoms with van der Waals surface area (Å²) in [5, 5.41) is 13.1. The third-order valence-corrected chi connectivity index (χ3v) is 6.23. The van der Waals surface area contributed by atoms with E-state index in [1.165, 1.54) is 11.3 Å². The van der Waals surface area contributed by atoms with Crippen LogP contribution in [-0.4, -0.2) is 37.1 Å². The van der Waals surface area contributed by atoms with Crippen LogP contribution in [-0.2, 0) is 0 Å². The Morgan fingerprint density at radius 3 is 2.52 bits per heavy atom. The van der Waals surface area contributed by atoms with E-state index in [1.54, 1.807) is 25.3 Å². The highest BCUT2D eigenvalue weighted by Gasteiger charge is 2.17. The third kappa shape index (κ3) is 4.31. The minimum atomic E-state index is -0.222. The number of carbonyl (C=O) groups is 1. The molecule has 4 aromatic rings. The number of methoxy groups -OCH3 is 1. The maximum absolute atomic E-state index is 12.6. The Hall–Kier alpha value is -4.11. The van der Waals surface area contributed by atoms with E-state index < -0.39 is 0 Å². The van der Waals surface area contributed by atoms with Crippen LogP contribution in [0.3, 0.4) is 0 Å². The monoisotopic (exact) mass is 460 g/mol. The van der Waals surface area contributed by atoms with Gasteiger partial charge in [-0.1, -0.05) is 11.3 Å². The molecule has 0 bridgehead atoms. The highest BCUT2D eigenvalue weighted by atomic mass is 32.1. The molecular formula is C24H20N4O4S. The average molecular weight is 461 g/mol. The molecule has 0 saturated carbocycles. The van der Waals surface area contributed by atoms with E-state index >= 15 is 0 Å². The Labute approximate surface area is 194 Å². The summed E-state index contributed by atoms with van der Waals surface area (Å²) in [5.41, 5.74) is 3.09. The number of nitrogens with one attached hydrogen (secondary N) is 1. The highest BCUT2D eigenvalue weighted by Crippen LogP contribution is 2.34. The first-order valence-electron chi connectivity index (χ1n) is 10.1. The first-order chi connectivity index (χ1) is 16.1. The highest BCUT2D eigenvalue weighted by molar-refractivity contribution is 7.18. The fourth-order valence-electron chi connectivity index (χ4n) is 3.32. The summed E-state index contributed by atoms with van der Waals surface area (Å²) in [6, 6.07) is 20.4.